The molecule has 0 aromatic carbocycles. The first-order valence-electron chi connectivity index (χ1n) is 4.49. The summed E-state index contributed by atoms with van der Waals surface area (Å²) in [6, 6.07) is 0. The zero-order chi connectivity index (χ0) is 7.94. The topological polar surface area (TPSA) is 12.4 Å². The van der Waals surface area contributed by atoms with E-state index in [4.69, 9.17) is 0 Å². The summed E-state index contributed by atoms with van der Waals surface area (Å²) >= 11 is 0. The van der Waals surface area contributed by atoms with Crippen LogP contribution in [0.15, 0.2) is 17.1 Å². The van der Waals surface area contributed by atoms with E-state index in [2.05, 4.69) is 24.4 Å². The molecule has 0 saturated carbocycles. The van der Waals surface area contributed by atoms with Crippen molar-refractivity contribution in [1.29, 1.82) is 0 Å². The molecule has 0 saturated heterocycles. The maximum atomic E-state index is 4.38. The van der Waals surface area contributed by atoms with Gasteiger partial charge in [-0.15, -0.1) is 0 Å². The third-order valence-corrected chi connectivity index (χ3v) is 1.84. The Morgan fingerprint density at radius 1 is 1.25 bits per heavy atom. The van der Waals surface area contributed by atoms with Crippen molar-refractivity contribution in [3.8, 4) is 0 Å². The van der Waals surface area contributed by atoms with Crippen LogP contribution in [0.3, 0.4) is 0 Å². The monoisotopic (exact) mass is 158 g/mol. The quantitative estimate of drug-likeness (QED) is 0.429. The Bertz CT molecular complexity index is 161. The third kappa shape index (κ3) is 4.80. The number of allylic oxidation sites excluding steroid dienone is 2. The van der Waals surface area contributed by atoms with Crippen molar-refractivity contribution in [2.45, 2.75) is 32.6 Å². The maximum absolute atomic E-state index is 4.38. The normalized spacial score (nSPS) is 17.2. The molecule has 0 fully saturated rings. The van der Waals surface area contributed by atoms with Gasteiger partial charge in [-0.3, -0.25) is 4.99 Å². The van der Waals surface area contributed by atoms with E-state index in [9.17, 15) is 0 Å². The van der Waals surface area contributed by atoms with Crippen LogP contribution in [0.5, 0.6) is 0 Å². The van der Waals surface area contributed by atoms with E-state index in [0.29, 0.717) is 0 Å². The van der Waals surface area contributed by atoms with Crippen LogP contribution in [0.4, 0.5) is 0 Å². The number of aliphatic imine (C=N–C) groups is 1. The zero-order valence-corrected chi connectivity index (χ0v) is 7.21. The van der Waals surface area contributed by atoms with Crippen molar-refractivity contribution in [3.05, 3.63) is 18.6 Å². The predicted molar refractivity (Wildman–Crippen MR) is 57.0 cm³/mol. The molecule has 0 aromatic rings. The first-order valence-corrected chi connectivity index (χ1v) is 4.49. The molecule has 0 amide bonds. The Morgan fingerprint density at radius 2 is 2.00 bits per heavy atom. The second kappa shape index (κ2) is 7.65. The molecule has 0 aromatic heterocycles. The first kappa shape index (κ1) is 12.0. The Kier molecular flexibility index (Phi) is 7.65. The summed E-state index contributed by atoms with van der Waals surface area (Å²) in [6.07, 6.45) is 11.4. The van der Waals surface area contributed by atoms with Gasteiger partial charge < -0.3 is 0 Å². The summed E-state index contributed by atoms with van der Waals surface area (Å²) < 4.78 is 0. The average Bonchev–Trinajstić information content (AvgIpc) is 1.93. The molecule has 0 bridgehead atoms. The number of nitrogens with zero attached hydrogens (tertiary/aromatic N) is 1. The van der Waals surface area contributed by atoms with Crippen molar-refractivity contribution in [2.75, 3.05) is 6.54 Å². The van der Waals surface area contributed by atoms with Crippen LogP contribution in [-0.2, 0) is 0 Å². The van der Waals surface area contributed by atoms with Gasteiger partial charge in [0.05, 0.1) is 0 Å². The van der Waals surface area contributed by atoms with Gasteiger partial charge in [-0.2, -0.15) is 0 Å². The second-order valence-corrected chi connectivity index (χ2v) is 2.89. The Labute approximate surface area is 87.5 Å². The van der Waals surface area contributed by atoms with Crippen molar-refractivity contribution in [1.82, 2.24) is 0 Å². The van der Waals surface area contributed by atoms with E-state index >= 15 is 0 Å². The van der Waals surface area contributed by atoms with Crippen LogP contribution in [0.2, 0.25) is 0 Å². The molecule has 2 heteroatoms. The predicted octanol–water partition coefficient (Wildman–Crippen LogP) is 2.13. The molecule has 1 radical (unpaired) electrons. The number of unbranched alkanes of at least 4 members (excludes halogenated alkanes) is 3. The summed E-state index contributed by atoms with van der Waals surface area (Å²) in [5.74, 6) is 0. The molecule has 1 nitrogen and oxygen atoms in total. The number of rotatable bonds is 5. The molecule has 12 heavy (non-hydrogen) atoms. The van der Waals surface area contributed by atoms with Crippen LogP contribution < -0.4 is 0 Å². The average molecular weight is 158 g/mol. The van der Waals surface area contributed by atoms with Crippen LogP contribution in [0.25, 0.3) is 0 Å². The van der Waals surface area contributed by atoms with Gasteiger partial charge in [0.25, 0.3) is 0 Å². The third-order valence-electron chi connectivity index (χ3n) is 1.84. The molecule has 0 N–H and O–H groups in total. The van der Waals surface area contributed by atoms with E-state index in [-0.39, 0.29) is 18.9 Å². The van der Waals surface area contributed by atoms with Crippen molar-refractivity contribution in [3.63, 3.8) is 0 Å². The van der Waals surface area contributed by atoms with Crippen LogP contribution >= 0.6 is 0 Å². The molecule has 1 aliphatic rings. The van der Waals surface area contributed by atoms with E-state index in [1.807, 2.05) is 6.08 Å². The molecular formula is C10H17LiN. The van der Waals surface area contributed by atoms with E-state index < -0.39 is 0 Å². The van der Waals surface area contributed by atoms with Gasteiger partial charge >= 0.3 is 18.9 Å². The molecule has 0 spiro atoms. The van der Waals surface area contributed by atoms with Gasteiger partial charge in [0.15, 0.2) is 0 Å². The first-order chi connectivity index (χ1) is 5.43. The van der Waals surface area contributed by atoms with Crippen LogP contribution in [0, 0.1) is 6.42 Å². The van der Waals surface area contributed by atoms with Crippen LogP contribution in [0.1, 0.15) is 32.6 Å². The van der Waals surface area contributed by atoms with E-state index in [1.165, 1.54) is 31.4 Å². The summed E-state index contributed by atoms with van der Waals surface area (Å²) in [7, 11) is 0. The summed E-state index contributed by atoms with van der Waals surface area (Å²) in [4.78, 5) is 4.38. The van der Waals surface area contributed by atoms with Gasteiger partial charge in [0.1, 0.15) is 0 Å². The molecule has 0 atom stereocenters. The van der Waals surface area contributed by atoms with E-state index in [0.717, 1.165) is 6.54 Å². The fraction of sp³-hybridized carbons (Fsp3) is 0.600. The Balaban J connectivity index is 0.00000121. The fourth-order valence-electron chi connectivity index (χ4n) is 1.03. The second-order valence-electron chi connectivity index (χ2n) is 2.89. The SMILES string of the molecule is CCCCCCN=C1[CH]C=C1.[LiH]. The van der Waals surface area contributed by atoms with Gasteiger partial charge in [-0.1, -0.05) is 32.3 Å². The van der Waals surface area contributed by atoms with E-state index in [1.54, 1.807) is 0 Å². The molecule has 1 rings (SSSR count). The molecule has 0 unspecified atom stereocenters. The number of hydrogen-bond donors (Lipinski definition) is 0. The van der Waals surface area contributed by atoms with Gasteiger partial charge in [-0.25, -0.2) is 0 Å². The zero-order valence-electron chi connectivity index (χ0n) is 7.21. The van der Waals surface area contributed by atoms with Gasteiger partial charge in [-0.05, 0) is 12.5 Å². The summed E-state index contributed by atoms with van der Waals surface area (Å²) in [5.41, 5.74) is 1.17. The Morgan fingerprint density at radius 3 is 2.50 bits per heavy atom. The van der Waals surface area contributed by atoms with Gasteiger partial charge in [0, 0.05) is 18.7 Å². The van der Waals surface area contributed by atoms with Crippen molar-refractivity contribution < 1.29 is 0 Å². The molecule has 1 aliphatic carbocycles. The minimum atomic E-state index is 0. The summed E-state index contributed by atoms with van der Waals surface area (Å²) in [6.45, 7) is 3.24. The molecule has 63 valence electrons. The van der Waals surface area contributed by atoms with Crippen LogP contribution in [-0.4, -0.2) is 31.1 Å². The Hall–Kier alpha value is 0.00740. The molecular weight excluding hydrogens is 141 g/mol. The molecule has 0 heterocycles. The molecule has 0 aliphatic heterocycles. The van der Waals surface area contributed by atoms with Crippen molar-refractivity contribution in [2.24, 2.45) is 4.99 Å². The standard InChI is InChI=1S/C10H16N.Li.H/c1-2-3-4-5-9-11-10-7-6-8-10;;/h6-8H,2-5,9H2,1H3;;. The van der Waals surface area contributed by atoms with Crippen molar-refractivity contribution >= 4 is 24.6 Å². The minimum absolute atomic E-state index is 0. The number of hydrogen-bond acceptors (Lipinski definition) is 1. The fourth-order valence-corrected chi connectivity index (χ4v) is 1.03. The summed E-state index contributed by atoms with van der Waals surface area (Å²) in [5, 5.41) is 0. The van der Waals surface area contributed by atoms with Gasteiger partial charge in [0.2, 0.25) is 0 Å².